The number of ether oxygens (including phenoxy) is 4. The Kier molecular flexibility index (Phi) is 6.14. The van der Waals surface area contributed by atoms with Gasteiger partial charge in [0, 0.05) is 24.6 Å². The van der Waals surface area contributed by atoms with Crippen LogP contribution in [0.25, 0.3) is 0 Å². The summed E-state index contributed by atoms with van der Waals surface area (Å²) in [5.74, 6) is -0.0912. The quantitative estimate of drug-likeness (QED) is 0.541. The predicted molar refractivity (Wildman–Crippen MR) is 106 cm³/mol. The van der Waals surface area contributed by atoms with Crippen molar-refractivity contribution in [3.05, 3.63) is 70.3 Å². The molecule has 10 nitrogen and oxygen atoms in total. The molecular weight excluding hydrogens is 408 g/mol. The Hall–Kier alpha value is -3.05. The first-order valence-corrected chi connectivity index (χ1v) is 9.76. The van der Waals surface area contributed by atoms with Crippen LogP contribution in [0.1, 0.15) is 18.8 Å². The molecule has 0 radical (unpaired) electrons. The highest BCUT2D eigenvalue weighted by molar-refractivity contribution is 5.73. The molecule has 2 aromatic carbocycles. The third-order valence-corrected chi connectivity index (χ3v) is 5.11. The molecule has 0 aromatic heterocycles. The molecule has 2 heterocycles. The van der Waals surface area contributed by atoms with Gasteiger partial charge in [-0.3, -0.25) is 14.9 Å². The summed E-state index contributed by atoms with van der Waals surface area (Å²) in [5, 5.41) is 24.5. The van der Waals surface area contributed by atoms with Crippen LogP contribution in [-0.2, 0) is 19.0 Å². The fourth-order valence-electron chi connectivity index (χ4n) is 3.64. The molecule has 0 bridgehead atoms. The monoisotopic (exact) mass is 430 g/mol. The largest absolute Gasteiger partial charge is 0.463 e. The highest BCUT2D eigenvalue weighted by Gasteiger charge is 2.50. The lowest BCUT2D eigenvalue weighted by Crippen LogP contribution is -2.67. The van der Waals surface area contributed by atoms with Crippen LogP contribution in [0.5, 0.6) is 5.75 Å². The SMILES string of the molecule is CC(=O)N[C@H]1[C@H](Oc2ccc([N+](=O)[O-])cc2)O[C@@H]2CO[C@@H](c3ccccc3)O[C@H]2[C@@H]1O. The lowest BCUT2D eigenvalue weighted by atomic mass is 9.95. The molecule has 164 valence electrons. The average molecular weight is 430 g/mol. The maximum atomic E-state index is 11.7. The second kappa shape index (κ2) is 8.98. The van der Waals surface area contributed by atoms with Gasteiger partial charge >= 0.3 is 0 Å². The van der Waals surface area contributed by atoms with Gasteiger partial charge in [0.05, 0.1) is 11.5 Å². The Morgan fingerprint density at radius 3 is 2.52 bits per heavy atom. The fraction of sp³-hybridized carbons (Fsp3) is 0.381. The van der Waals surface area contributed by atoms with E-state index in [-0.39, 0.29) is 24.0 Å². The molecule has 0 saturated carbocycles. The van der Waals surface area contributed by atoms with Crippen LogP contribution in [0.2, 0.25) is 0 Å². The molecule has 6 atom stereocenters. The lowest BCUT2D eigenvalue weighted by molar-refractivity contribution is -0.384. The van der Waals surface area contributed by atoms with Crippen molar-refractivity contribution in [1.29, 1.82) is 0 Å². The van der Waals surface area contributed by atoms with Crippen molar-refractivity contribution in [2.75, 3.05) is 6.61 Å². The molecule has 2 saturated heterocycles. The summed E-state index contributed by atoms with van der Waals surface area (Å²) < 4.78 is 23.5. The minimum absolute atomic E-state index is 0.0866. The number of nitrogens with zero attached hydrogens (tertiary/aromatic N) is 1. The summed E-state index contributed by atoms with van der Waals surface area (Å²) >= 11 is 0. The van der Waals surface area contributed by atoms with Crippen LogP contribution in [0, 0.1) is 10.1 Å². The highest BCUT2D eigenvalue weighted by atomic mass is 16.7. The molecule has 31 heavy (non-hydrogen) atoms. The van der Waals surface area contributed by atoms with E-state index in [1.807, 2.05) is 30.3 Å². The highest BCUT2D eigenvalue weighted by Crippen LogP contribution is 2.35. The Balaban J connectivity index is 1.52. The minimum Gasteiger partial charge on any atom is -0.463 e. The number of nitrogens with one attached hydrogen (secondary N) is 1. The molecule has 4 rings (SSSR count). The van der Waals surface area contributed by atoms with Crippen molar-refractivity contribution in [2.24, 2.45) is 0 Å². The first kappa shape index (κ1) is 21.2. The van der Waals surface area contributed by atoms with Crippen molar-refractivity contribution in [3.8, 4) is 5.75 Å². The number of hydrogen-bond donors (Lipinski definition) is 2. The Morgan fingerprint density at radius 2 is 1.87 bits per heavy atom. The van der Waals surface area contributed by atoms with E-state index in [1.54, 1.807) is 0 Å². The van der Waals surface area contributed by atoms with Gasteiger partial charge in [-0.15, -0.1) is 0 Å². The predicted octanol–water partition coefficient (Wildman–Crippen LogP) is 1.68. The number of rotatable bonds is 5. The third kappa shape index (κ3) is 4.67. The van der Waals surface area contributed by atoms with Crippen LogP contribution >= 0.6 is 0 Å². The second-order valence-electron chi connectivity index (χ2n) is 7.31. The molecule has 10 heteroatoms. The van der Waals surface area contributed by atoms with E-state index in [0.29, 0.717) is 0 Å². The number of hydrogen-bond acceptors (Lipinski definition) is 8. The maximum absolute atomic E-state index is 11.7. The first-order chi connectivity index (χ1) is 14.9. The number of aliphatic hydroxyl groups excluding tert-OH is 1. The molecule has 0 spiro atoms. The smallest absolute Gasteiger partial charge is 0.269 e. The van der Waals surface area contributed by atoms with E-state index in [0.717, 1.165) is 5.56 Å². The number of nitro benzene ring substituents is 1. The Morgan fingerprint density at radius 1 is 1.16 bits per heavy atom. The number of fused-ring (bicyclic) bond motifs is 1. The molecule has 2 aliphatic heterocycles. The first-order valence-electron chi connectivity index (χ1n) is 9.76. The standard InChI is InChI=1S/C21H22N2O8/c1-12(24)22-17-18(25)19-16(11-28-20(31-19)13-5-3-2-4-6-13)30-21(17)29-15-9-7-14(8-10-15)23(26)27/h2-10,16-21,25H,11H2,1H3,(H,22,24)/t16-,17-,18-,19-,20-,21-/m1/s1. The topological polar surface area (TPSA) is 129 Å². The molecule has 2 N–H and O–H groups in total. The van der Waals surface area contributed by atoms with Gasteiger partial charge in [-0.05, 0) is 12.1 Å². The van der Waals surface area contributed by atoms with Gasteiger partial charge in [0.25, 0.3) is 5.69 Å². The molecule has 1 amide bonds. The number of nitro groups is 1. The van der Waals surface area contributed by atoms with E-state index in [9.17, 15) is 20.0 Å². The zero-order valence-corrected chi connectivity index (χ0v) is 16.6. The normalized spacial score (nSPS) is 30.1. The van der Waals surface area contributed by atoms with E-state index >= 15 is 0 Å². The maximum Gasteiger partial charge on any atom is 0.269 e. The van der Waals surface area contributed by atoms with Gasteiger partial charge in [-0.25, -0.2) is 0 Å². The number of non-ortho nitro benzene ring substituents is 1. The average Bonchev–Trinajstić information content (AvgIpc) is 2.77. The second-order valence-corrected chi connectivity index (χ2v) is 7.31. The van der Waals surface area contributed by atoms with Gasteiger partial charge in [0.15, 0.2) is 6.29 Å². The van der Waals surface area contributed by atoms with Crippen molar-refractivity contribution < 1.29 is 33.8 Å². The summed E-state index contributed by atoms with van der Waals surface area (Å²) in [6.07, 6.45) is -4.26. The van der Waals surface area contributed by atoms with Crippen molar-refractivity contribution >= 4 is 11.6 Å². The summed E-state index contributed by atoms with van der Waals surface area (Å²) in [6, 6.07) is 13.8. The van der Waals surface area contributed by atoms with Gasteiger partial charge < -0.3 is 29.4 Å². The number of carbonyl (C=O) groups is 1. The summed E-state index contributed by atoms with van der Waals surface area (Å²) in [5.41, 5.74) is 0.713. The van der Waals surface area contributed by atoms with Crippen LogP contribution < -0.4 is 10.1 Å². The van der Waals surface area contributed by atoms with E-state index in [2.05, 4.69) is 5.32 Å². The van der Waals surface area contributed by atoms with Crippen LogP contribution in [0.15, 0.2) is 54.6 Å². The lowest BCUT2D eigenvalue weighted by Gasteiger charge is -2.47. The molecule has 2 aromatic rings. The number of aliphatic hydroxyl groups is 1. The minimum atomic E-state index is -1.14. The third-order valence-electron chi connectivity index (χ3n) is 5.11. The van der Waals surface area contributed by atoms with Crippen molar-refractivity contribution in [3.63, 3.8) is 0 Å². The van der Waals surface area contributed by atoms with Crippen molar-refractivity contribution in [1.82, 2.24) is 5.32 Å². The molecular formula is C21H22N2O8. The van der Waals surface area contributed by atoms with Gasteiger partial charge in [-0.1, -0.05) is 30.3 Å². The zero-order valence-electron chi connectivity index (χ0n) is 16.6. The number of benzene rings is 2. The fourth-order valence-corrected chi connectivity index (χ4v) is 3.64. The van der Waals surface area contributed by atoms with Crippen LogP contribution in [-0.4, -0.2) is 53.2 Å². The molecule has 0 aliphatic carbocycles. The van der Waals surface area contributed by atoms with Crippen molar-refractivity contribution in [2.45, 2.75) is 43.9 Å². The van der Waals surface area contributed by atoms with Gasteiger partial charge in [0.1, 0.15) is 30.1 Å². The van der Waals surface area contributed by atoms with Gasteiger partial charge in [-0.2, -0.15) is 0 Å². The van der Waals surface area contributed by atoms with Gasteiger partial charge in [0.2, 0.25) is 12.2 Å². The summed E-state index contributed by atoms with van der Waals surface area (Å²) in [7, 11) is 0. The Bertz CT molecular complexity index is 923. The molecule has 2 fully saturated rings. The molecule has 0 unspecified atom stereocenters. The van der Waals surface area contributed by atoms with Crippen LogP contribution in [0.4, 0.5) is 5.69 Å². The zero-order chi connectivity index (χ0) is 22.0. The van der Waals surface area contributed by atoms with E-state index in [4.69, 9.17) is 18.9 Å². The summed E-state index contributed by atoms with van der Waals surface area (Å²) in [6.45, 7) is 1.47. The number of carbonyl (C=O) groups excluding carboxylic acids is 1. The van der Waals surface area contributed by atoms with Crippen LogP contribution in [0.3, 0.4) is 0 Å². The number of amides is 1. The van der Waals surface area contributed by atoms with E-state index in [1.165, 1.54) is 31.2 Å². The van der Waals surface area contributed by atoms with E-state index < -0.39 is 41.9 Å². The summed E-state index contributed by atoms with van der Waals surface area (Å²) in [4.78, 5) is 22.1. The Labute approximate surface area is 177 Å². The molecule has 2 aliphatic rings.